The zero-order valence-electron chi connectivity index (χ0n) is 10.8. The van der Waals surface area contributed by atoms with E-state index in [0.717, 1.165) is 12.1 Å². The highest BCUT2D eigenvalue weighted by Gasteiger charge is 2.33. The normalized spacial score (nSPS) is 12.4. The number of hydrogen-bond acceptors (Lipinski definition) is 1. The van der Waals surface area contributed by atoms with Gasteiger partial charge in [-0.3, -0.25) is 4.79 Å². The van der Waals surface area contributed by atoms with Gasteiger partial charge in [-0.2, -0.15) is 13.2 Å². The number of hydrogen-bond donors (Lipinski definition) is 0. The van der Waals surface area contributed by atoms with Gasteiger partial charge in [0, 0.05) is 14.1 Å². The molecule has 1 aromatic carbocycles. The molecule has 0 unspecified atom stereocenters. The molecule has 0 aliphatic heterocycles. The van der Waals surface area contributed by atoms with Gasteiger partial charge in [0.15, 0.2) is 0 Å². The first-order chi connectivity index (χ1) is 8.06. The van der Waals surface area contributed by atoms with Crippen molar-refractivity contribution in [2.24, 2.45) is 0 Å². The molecule has 0 aromatic heterocycles. The molecule has 5 heteroatoms. The molecule has 0 spiro atoms. The third-order valence-electron chi connectivity index (χ3n) is 2.87. The van der Waals surface area contributed by atoms with Crippen LogP contribution in [0.1, 0.15) is 25.0 Å². The van der Waals surface area contributed by atoms with Crippen molar-refractivity contribution in [3.8, 4) is 0 Å². The van der Waals surface area contributed by atoms with Crippen LogP contribution in [-0.4, -0.2) is 24.9 Å². The summed E-state index contributed by atoms with van der Waals surface area (Å²) in [6.07, 6.45) is -4.35. The van der Waals surface area contributed by atoms with Gasteiger partial charge in [0.25, 0.3) is 0 Å². The minimum atomic E-state index is -4.35. The summed E-state index contributed by atoms with van der Waals surface area (Å²) in [6.45, 7) is 3.38. The first kappa shape index (κ1) is 14.5. The summed E-state index contributed by atoms with van der Waals surface area (Å²) in [4.78, 5) is 13.4. The van der Waals surface area contributed by atoms with Crippen LogP contribution in [-0.2, 0) is 16.4 Å². The quantitative estimate of drug-likeness (QED) is 0.799. The number of carbonyl (C=O) groups is 1. The van der Waals surface area contributed by atoms with Crippen LogP contribution in [0.4, 0.5) is 13.2 Å². The number of amides is 1. The second-order valence-corrected chi connectivity index (χ2v) is 4.90. The number of halogens is 3. The number of rotatable bonds is 2. The van der Waals surface area contributed by atoms with Crippen molar-refractivity contribution >= 4 is 5.91 Å². The molecular weight excluding hydrogens is 243 g/mol. The van der Waals surface area contributed by atoms with E-state index in [4.69, 9.17) is 0 Å². The van der Waals surface area contributed by atoms with Crippen molar-refractivity contribution in [1.29, 1.82) is 0 Å². The van der Waals surface area contributed by atoms with Crippen molar-refractivity contribution in [3.05, 3.63) is 35.4 Å². The fraction of sp³-hybridized carbons (Fsp3) is 0.462. The molecule has 0 saturated heterocycles. The van der Waals surface area contributed by atoms with Crippen molar-refractivity contribution in [2.45, 2.75) is 25.4 Å². The number of alkyl halides is 3. The third-order valence-corrected chi connectivity index (χ3v) is 2.87. The molecule has 0 N–H and O–H groups in total. The van der Waals surface area contributed by atoms with Crippen LogP contribution < -0.4 is 0 Å². The standard InChI is InChI=1S/C13H16F3NO/c1-12(2,11(18)17(3)4)9-5-7-10(8-6-9)13(14,15)16/h5-8H,1-4H3. The Balaban J connectivity index is 3.09. The summed E-state index contributed by atoms with van der Waals surface area (Å²) in [6, 6.07) is 4.70. The fourth-order valence-corrected chi connectivity index (χ4v) is 1.76. The van der Waals surface area contributed by atoms with E-state index in [-0.39, 0.29) is 5.91 Å². The molecular formula is C13H16F3NO. The van der Waals surface area contributed by atoms with Crippen LogP contribution >= 0.6 is 0 Å². The maximum Gasteiger partial charge on any atom is 0.416 e. The van der Waals surface area contributed by atoms with E-state index >= 15 is 0 Å². The largest absolute Gasteiger partial charge is 0.416 e. The number of benzene rings is 1. The minimum absolute atomic E-state index is 0.151. The summed E-state index contributed by atoms with van der Waals surface area (Å²) in [5.41, 5.74) is -0.985. The zero-order valence-corrected chi connectivity index (χ0v) is 10.8. The monoisotopic (exact) mass is 259 g/mol. The molecule has 2 nitrogen and oxygen atoms in total. The van der Waals surface area contributed by atoms with Gasteiger partial charge in [-0.1, -0.05) is 12.1 Å². The van der Waals surface area contributed by atoms with Crippen LogP contribution in [0.2, 0.25) is 0 Å². The average molecular weight is 259 g/mol. The Hall–Kier alpha value is -1.52. The fourth-order valence-electron chi connectivity index (χ4n) is 1.76. The van der Waals surface area contributed by atoms with Crippen LogP contribution in [0.3, 0.4) is 0 Å². The van der Waals surface area contributed by atoms with E-state index in [2.05, 4.69) is 0 Å². The number of nitrogens with zero attached hydrogens (tertiary/aromatic N) is 1. The highest BCUT2D eigenvalue weighted by molar-refractivity contribution is 5.86. The number of likely N-dealkylation sites (N-methyl/N-ethyl adjacent to an activating group) is 1. The predicted octanol–water partition coefficient (Wildman–Crippen LogP) is 3.07. The predicted molar refractivity (Wildman–Crippen MR) is 63.2 cm³/mol. The zero-order chi connectivity index (χ0) is 14.1. The van der Waals surface area contributed by atoms with E-state index < -0.39 is 17.2 Å². The highest BCUT2D eigenvalue weighted by Crippen LogP contribution is 2.32. The summed E-state index contributed by atoms with van der Waals surface area (Å²) >= 11 is 0. The summed E-state index contributed by atoms with van der Waals surface area (Å²) in [7, 11) is 3.24. The van der Waals surface area contributed by atoms with Gasteiger partial charge < -0.3 is 4.90 Å². The molecule has 1 rings (SSSR count). The SMILES string of the molecule is CN(C)C(=O)C(C)(C)c1ccc(C(F)(F)F)cc1. The Bertz CT molecular complexity index is 433. The Kier molecular flexibility index (Phi) is 3.74. The van der Waals surface area contributed by atoms with Crippen molar-refractivity contribution in [3.63, 3.8) is 0 Å². The van der Waals surface area contributed by atoms with Gasteiger partial charge in [0.05, 0.1) is 11.0 Å². The third kappa shape index (κ3) is 2.83. The first-order valence-electron chi connectivity index (χ1n) is 5.46. The van der Waals surface area contributed by atoms with Gasteiger partial charge in [0.1, 0.15) is 0 Å². The molecule has 1 aromatic rings. The molecule has 0 fully saturated rings. The topological polar surface area (TPSA) is 20.3 Å². The summed E-state index contributed by atoms with van der Waals surface area (Å²) in [5, 5.41) is 0. The Morgan fingerprint density at radius 2 is 1.39 bits per heavy atom. The van der Waals surface area contributed by atoms with Crippen molar-refractivity contribution in [2.75, 3.05) is 14.1 Å². The lowest BCUT2D eigenvalue weighted by atomic mass is 9.83. The molecule has 0 bridgehead atoms. The molecule has 18 heavy (non-hydrogen) atoms. The van der Waals surface area contributed by atoms with E-state index in [1.54, 1.807) is 27.9 Å². The molecule has 0 atom stereocenters. The molecule has 0 aliphatic rings. The van der Waals surface area contributed by atoms with Crippen LogP contribution in [0.15, 0.2) is 24.3 Å². The molecule has 100 valence electrons. The van der Waals surface area contributed by atoms with Gasteiger partial charge in [-0.15, -0.1) is 0 Å². The smallest absolute Gasteiger partial charge is 0.348 e. The van der Waals surface area contributed by atoms with Crippen LogP contribution in [0.5, 0.6) is 0 Å². The van der Waals surface area contributed by atoms with Crippen molar-refractivity contribution < 1.29 is 18.0 Å². The summed E-state index contributed by atoms with van der Waals surface area (Å²) in [5.74, 6) is -0.151. The Morgan fingerprint density at radius 1 is 1.00 bits per heavy atom. The van der Waals surface area contributed by atoms with Gasteiger partial charge in [-0.25, -0.2) is 0 Å². The van der Waals surface area contributed by atoms with Gasteiger partial charge in [0.2, 0.25) is 5.91 Å². The van der Waals surface area contributed by atoms with Gasteiger partial charge >= 0.3 is 6.18 Å². The molecule has 0 radical (unpaired) electrons. The minimum Gasteiger partial charge on any atom is -0.348 e. The van der Waals surface area contributed by atoms with Gasteiger partial charge in [-0.05, 0) is 31.5 Å². The average Bonchev–Trinajstić information content (AvgIpc) is 2.26. The molecule has 0 saturated carbocycles. The first-order valence-corrected chi connectivity index (χ1v) is 5.46. The Labute approximate surface area is 104 Å². The molecule has 1 amide bonds. The lowest BCUT2D eigenvalue weighted by Crippen LogP contribution is -2.39. The summed E-state index contributed by atoms with van der Waals surface area (Å²) < 4.78 is 37.3. The van der Waals surface area contributed by atoms with E-state index in [1.807, 2.05) is 0 Å². The lowest BCUT2D eigenvalue weighted by Gasteiger charge is -2.27. The van der Waals surface area contributed by atoms with Crippen LogP contribution in [0, 0.1) is 0 Å². The Morgan fingerprint density at radius 3 is 1.72 bits per heavy atom. The van der Waals surface area contributed by atoms with E-state index in [1.165, 1.54) is 17.0 Å². The second-order valence-electron chi connectivity index (χ2n) is 4.90. The van der Waals surface area contributed by atoms with Crippen LogP contribution in [0.25, 0.3) is 0 Å². The lowest BCUT2D eigenvalue weighted by molar-refractivity contribution is -0.137. The van der Waals surface area contributed by atoms with E-state index in [9.17, 15) is 18.0 Å². The van der Waals surface area contributed by atoms with E-state index in [0.29, 0.717) is 5.56 Å². The van der Waals surface area contributed by atoms with Crippen molar-refractivity contribution in [1.82, 2.24) is 4.90 Å². The second kappa shape index (κ2) is 4.63. The highest BCUT2D eigenvalue weighted by atomic mass is 19.4. The maximum absolute atomic E-state index is 12.4. The number of carbonyl (C=O) groups excluding carboxylic acids is 1. The molecule has 0 aliphatic carbocycles. The molecule has 0 heterocycles. The maximum atomic E-state index is 12.4.